The second kappa shape index (κ2) is 15.4. The maximum atomic E-state index is 13.4. The molecule has 0 unspecified atom stereocenters. The van der Waals surface area contributed by atoms with Gasteiger partial charge < -0.3 is 25.4 Å². The fraction of sp³-hybridized carbons (Fsp3) is 0.364. The first-order valence-electron chi connectivity index (χ1n) is 14.4. The molecule has 0 aliphatic carbocycles. The summed E-state index contributed by atoms with van der Waals surface area (Å²) in [6.45, 7) is 5.43. The van der Waals surface area contributed by atoms with E-state index in [0.29, 0.717) is 35.2 Å². The molecule has 228 valence electrons. The van der Waals surface area contributed by atoms with Crippen LogP contribution < -0.4 is 25.4 Å². The second-order valence-electron chi connectivity index (χ2n) is 11.0. The normalized spacial score (nSPS) is 18.4. The Hall–Kier alpha value is -4.08. The maximum Gasteiger partial charge on any atom is 0.255 e. The Morgan fingerprint density at radius 2 is 1.81 bits per heavy atom. The van der Waals surface area contributed by atoms with Gasteiger partial charge >= 0.3 is 0 Å². The summed E-state index contributed by atoms with van der Waals surface area (Å²) in [6, 6.07) is 20.8. The van der Waals surface area contributed by atoms with E-state index in [2.05, 4.69) is 16.0 Å². The van der Waals surface area contributed by atoms with Crippen molar-refractivity contribution in [3.63, 3.8) is 0 Å². The summed E-state index contributed by atoms with van der Waals surface area (Å²) in [5.74, 6) is 0.348. The van der Waals surface area contributed by atoms with Gasteiger partial charge in [0.25, 0.3) is 5.91 Å². The average molecular weight is 607 g/mol. The van der Waals surface area contributed by atoms with E-state index in [4.69, 9.17) is 21.1 Å². The van der Waals surface area contributed by atoms with Crippen molar-refractivity contribution in [3.05, 3.63) is 94.5 Å². The minimum Gasteiger partial charge on any atom is -0.492 e. The number of likely N-dealkylation sites (N-methyl/N-ethyl adjacent to an activating group) is 1. The number of carbonyl (C=O) groups is 3. The van der Waals surface area contributed by atoms with Gasteiger partial charge in [-0.05, 0) is 60.5 Å². The predicted octanol–water partition coefficient (Wildman–Crippen LogP) is 4.19. The molecule has 3 N–H and O–H groups in total. The van der Waals surface area contributed by atoms with E-state index < -0.39 is 6.04 Å². The van der Waals surface area contributed by atoms with Gasteiger partial charge in [0, 0.05) is 18.1 Å². The van der Waals surface area contributed by atoms with Crippen molar-refractivity contribution in [1.82, 2.24) is 20.9 Å². The number of fused-ring (bicyclic) bond motifs is 3. The number of ether oxygens (including phenoxy) is 2. The van der Waals surface area contributed by atoms with Gasteiger partial charge in [0.15, 0.2) is 0 Å². The molecule has 1 heterocycles. The summed E-state index contributed by atoms with van der Waals surface area (Å²) < 4.78 is 11.8. The van der Waals surface area contributed by atoms with Gasteiger partial charge in [-0.15, -0.1) is 0 Å². The van der Waals surface area contributed by atoms with Crippen LogP contribution in [0.4, 0.5) is 0 Å². The molecule has 0 aromatic heterocycles. The van der Waals surface area contributed by atoms with Crippen LogP contribution in [0.1, 0.15) is 41.8 Å². The molecule has 0 spiro atoms. The number of hydrogen-bond donors (Lipinski definition) is 3. The van der Waals surface area contributed by atoms with Crippen molar-refractivity contribution in [1.29, 1.82) is 0 Å². The van der Waals surface area contributed by atoms with Crippen LogP contribution in [0.25, 0.3) is 0 Å². The molecule has 0 fully saturated rings. The lowest BCUT2D eigenvalue weighted by Gasteiger charge is -2.29. The van der Waals surface area contributed by atoms with Crippen molar-refractivity contribution in [3.8, 4) is 11.5 Å². The number of carbonyl (C=O) groups excluding carboxylic acids is 3. The third kappa shape index (κ3) is 9.46. The quantitative estimate of drug-likeness (QED) is 0.363. The maximum absolute atomic E-state index is 13.4. The highest BCUT2D eigenvalue weighted by Crippen LogP contribution is 2.20. The molecule has 43 heavy (non-hydrogen) atoms. The predicted molar refractivity (Wildman–Crippen MR) is 166 cm³/mol. The first-order valence-corrected chi connectivity index (χ1v) is 14.8. The molecule has 4 rings (SSSR count). The summed E-state index contributed by atoms with van der Waals surface area (Å²) >= 11 is 5.93. The van der Waals surface area contributed by atoms with E-state index in [1.807, 2.05) is 50.1 Å². The number of benzene rings is 3. The van der Waals surface area contributed by atoms with Crippen molar-refractivity contribution < 1.29 is 23.9 Å². The zero-order valence-electron chi connectivity index (χ0n) is 24.8. The van der Waals surface area contributed by atoms with Crippen LogP contribution in [-0.4, -0.2) is 61.5 Å². The van der Waals surface area contributed by atoms with Crippen LogP contribution in [0, 0.1) is 5.92 Å². The Morgan fingerprint density at radius 1 is 1.07 bits per heavy atom. The lowest BCUT2D eigenvalue weighted by Crippen LogP contribution is -2.50. The van der Waals surface area contributed by atoms with Gasteiger partial charge in [0.1, 0.15) is 24.7 Å². The fourth-order valence-electron chi connectivity index (χ4n) is 4.76. The Kier molecular flexibility index (Phi) is 11.4. The number of halogens is 1. The Morgan fingerprint density at radius 3 is 2.58 bits per heavy atom. The van der Waals surface area contributed by atoms with Crippen LogP contribution in [0.3, 0.4) is 0 Å². The highest BCUT2D eigenvalue weighted by molar-refractivity contribution is 6.30. The van der Waals surface area contributed by atoms with Crippen LogP contribution in [0.5, 0.6) is 11.5 Å². The molecule has 2 atom stereocenters. The van der Waals surface area contributed by atoms with Gasteiger partial charge in [-0.25, -0.2) is 0 Å². The SMILES string of the molecule is CC(C)[C@H]1COc2ccccc2C(=O)NCc2cccc(c2)CN(C)[C@H](C(=O)NCCOc2ccc(Cl)cc2)CC(=O)N1. The molecule has 0 radical (unpaired) electrons. The Balaban J connectivity index is 1.52. The zero-order valence-corrected chi connectivity index (χ0v) is 25.5. The average Bonchev–Trinajstić information content (AvgIpc) is 2.99. The van der Waals surface area contributed by atoms with Gasteiger partial charge in [-0.1, -0.05) is 61.8 Å². The van der Waals surface area contributed by atoms with E-state index in [9.17, 15) is 14.4 Å². The third-order valence-electron chi connectivity index (χ3n) is 7.27. The standard InChI is InChI=1S/C33H39ClN4O5/c1-22(2)28-21-43-30-10-5-4-9-27(30)32(40)36-19-23-7-6-8-24(17-23)20-38(3)29(18-31(39)37-28)33(41)35-15-16-42-26-13-11-25(34)12-14-26/h4-14,17,22,28-29H,15-16,18-21H2,1-3H3,(H,35,41)(H,36,40)(H,37,39)/t28-,29+/m1/s1. The number of rotatable bonds is 6. The van der Waals surface area contributed by atoms with Crippen LogP contribution in [-0.2, 0) is 22.7 Å². The van der Waals surface area contributed by atoms with Gasteiger partial charge in [-0.2, -0.15) is 0 Å². The number of amides is 3. The highest BCUT2D eigenvalue weighted by atomic mass is 35.5. The number of nitrogens with zero attached hydrogens (tertiary/aromatic N) is 1. The van der Waals surface area contributed by atoms with Crippen LogP contribution >= 0.6 is 11.6 Å². The monoisotopic (exact) mass is 606 g/mol. The van der Waals surface area contributed by atoms with E-state index in [1.54, 1.807) is 48.5 Å². The number of nitrogens with one attached hydrogen (secondary N) is 3. The van der Waals surface area contributed by atoms with Crippen LogP contribution in [0.15, 0.2) is 72.8 Å². The van der Waals surface area contributed by atoms with Crippen molar-refractivity contribution in [2.24, 2.45) is 5.92 Å². The molecule has 3 amide bonds. The summed E-state index contributed by atoms with van der Waals surface area (Å²) in [5.41, 5.74) is 2.29. The zero-order chi connectivity index (χ0) is 30.8. The van der Waals surface area contributed by atoms with Crippen molar-refractivity contribution in [2.45, 2.75) is 45.4 Å². The largest absolute Gasteiger partial charge is 0.492 e. The van der Waals surface area contributed by atoms with Gasteiger partial charge in [0.05, 0.1) is 30.6 Å². The fourth-order valence-corrected chi connectivity index (χ4v) is 4.88. The van der Waals surface area contributed by atoms with Gasteiger partial charge in [-0.3, -0.25) is 19.3 Å². The van der Waals surface area contributed by atoms with Gasteiger partial charge in [0.2, 0.25) is 11.8 Å². The summed E-state index contributed by atoms with van der Waals surface area (Å²) in [7, 11) is 1.82. The Labute approximate surface area is 257 Å². The second-order valence-corrected chi connectivity index (χ2v) is 11.4. The molecular weight excluding hydrogens is 568 g/mol. The molecule has 1 aliphatic heterocycles. The minimum atomic E-state index is -0.732. The van der Waals surface area contributed by atoms with E-state index in [1.165, 1.54) is 0 Å². The van der Waals surface area contributed by atoms with Crippen LogP contribution in [0.2, 0.25) is 5.02 Å². The lowest BCUT2D eigenvalue weighted by molar-refractivity contribution is -0.132. The summed E-state index contributed by atoms with van der Waals surface area (Å²) in [5, 5.41) is 9.56. The van der Waals surface area contributed by atoms with E-state index in [-0.39, 0.29) is 55.9 Å². The summed E-state index contributed by atoms with van der Waals surface area (Å²) in [6.07, 6.45) is -0.0418. The first kappa shape index (κ1) is 31.8. The smallest absolute Gasteiger partial charge is 0.255 e. The molecular formula is C33H39ClN4O5. The first-order chi connectivity index (χ1) is 20.7. The molecule has 9 nitrogen and oxygen atoms in total. The van der Waals surface area contributed by atoms with Crippen molar-refractivity contribution >= 4 is 29.3 Å². The minimum absolute atomic E-state index is 0.0418. The number of hydrogen-bond acceptors (Lipinski definition) is 6. The highest BCUT2D eigenvalue weighted by Gasteiger charge is 2.28. The van der Waals surface area contributed by atoms with E-state index in [0.717, 1.165) is 11.1 Å². The van der Waals surface area contributed by atoms with E-state index >= 15 is 0 Å². The molecule has 2 bridgehead atoms. The number of para-hydroxylation sites is 1. The van der Waals surface area contributed by atoms with Crippen molar-refractivity contribution in [2.75, 3.05) is 26.8 Å². The molecule has 3 aromatic carbocycles. The lowest BCUT2D eigenvalue weighted by atomic mass is 10.0. The molecule has 3 aromatic rings. The Bertz CT molecular complexity index is 1400. The molecule has 0 saturated heterocycles. The summed E-state index contributed by atoms with van der Waals surface area (Å²) in [4.78, 5) is 41.7. The third-order valence-corrected chi connectivity index (χ3v) is 7.53. The molecule has 1 aliphatic rings. The molecule has 0 saturated carbocycles. The topological polar surface area (TPSA) is 109 Å². The molecule has 10 heteroatoms.